The van der Waals surface area contributed by atoms with Crippen LogP contribution in [0.15, 0.2) is 53.2 Å². The maximum Gasteiger partial charge on any atom is 0.387 e. The molecule has 184 valence electrons. The molecule has 0 spiro atoms. The summed E-state index contributed by atoms with van der Waals surface area (Å²) in [5.74, 6) is -0.0435. The SMILES string of the molecule is COc1cc(/C=C2\N=C(c3ccc(OC(F)F)cc3)OC2=O)ccc1OCC(=O)N1CCOCC1. The molecule has 4 rings (SSSR count). The van der Waals surface area contributed by atoms with E-state index in [1.807, 2.05) is 0 Å². The second-order valence-corrected chi connectivity index (χ2v) is 7.43. The molecule has 0 radical (unpaired) electrons. The van der Waals surface area contributed by atoms with E-state index in [1.165, 1.54) is 37.5 Å². The molecule has 1 fully saturated rings. The Morgan fingerprint density at radius 2 is 1.89 bits per heavy atom. The highest BCUT2D eigenvalue weighted by Crippen LogP contribution is 2.30. The fourth-order valence-corrected chi connectivity index (χ4v) is 3.41. The van der Waals surface area contributed by atoms with Crippen molar-refractivity contribution < 1.29 is 42.1 Å². The van der Waals surface area contributed by atoms with Crippen LogP contribution in [0, 0.1) is 0 Å². The van der Waals surface area contributed by atoms with Crippen LogP contribution >= 0.6 is 0 Å². The Balaban J connectivity index is 1.45. The van der Waals surface area contributed by atoms with Crippen molar-refractivity contribution >= 4 is 23.9 Å². The molecule has 0 atom stereocenters. The molecule has 1 saturated heterocycles. The fraction of sp³-hybridized carbons (Fsp3) is 0.292. The number of ether oxygens (including phenoxy) is 5. The van der Waals surface area contributed by atoms with Crippen LogP contribution < -0.4 is 14.2 Å². The van der Waals surface area contributed by atoms with Gasteiger partial charge >= 0.3 is 12.6 Å². The Bertz CT molecular complexity index is 1140. The third kappa shape index (κ3) is 6.12. The summed E-state index contributed by atoms with van der Waals surface area (Å²) < 4.78 is 50.4. The summed E-state index contributed by atoms with van der Waals surface area (Å²) in [6.07, 6.45) is 1.51. The monoisotopic (exact) mass is 488 g/mol. The fourth-order valence-electron chi connectivity index (χ4n) is 3.41. The lowest BCUT2D eigenvalue weighted by molar-refractivity contribution is -0.137. The van der Waals surface area contributed by atoms with E-state index in [0.29, 0.717) is 48.9 Å². The summed E-state index contributed by atoms with van der Waals surface area (Å²) >= 11 is 0. The number of benzene rings is 2. The number of carbonyl (C=O) groups excluding carboxylic acids is 2. The van der Waals surface area contributed by atoms with Gasteiger partial charge in [-0.25, -0.2) is 9.79 Å². The van der Waals surface area contributed by atoms with Gasteiger partial charge in [0.2, 0.25) is 5.90 Å². The zero-order valence-electron chi connectivity index (χ0n) is 18.7. The maximum absolute atomic E-state index is 12.3. The molecule has 9 nitrogen and oxygen atoms in total. The van der Waals surface area contributed by atoms with E-state index >= 15 is 0 Å². The minimum absolute atomic E-state index is 0.0227. The van der Waals surface area contributed by atoms with E-state index in [2.05, 4.69) is 9.73 Å². The Kier molecular flexibility index (Phi) is 7.56. The van der Waals surface area contributed by atoms with Gasteiger partial charge < -0.3 is 28.6 Å². The van der Waals surface area contributed by atoms with Gasteiger partial charge in [-0.1, -0.05) is 6.07 Å². The molecule has 2 aromatic carbocycles. The van der Waals surface area contributed by atoms with E-state index in [1.54, 1.807) is 23.1 Å². The van der Waals surface area contributed by atoms with Gasteiger partial charge in [0.15, 0.2) is 23.8 Å². The number of halogens is 2. The Labute approximate surface area is 199 Å². The number of rotatable bonds is 8. The summed E-state index contributed by atoms with van der Waals surface area (Å²) in [5.41, 5.74) is 1.06. The number of aliphatic imine (C=N–C) groups is 1. The first kappa shape index (κ1) is 24.1. The highest BCUT2D eigenvalue weighted by atomic mass is 19.3. The molecular weight excluding hydrogens is 466 g/mol. The molecule has 2 aliphatic rings. The van der Waals surface area contributed by atoms with Crippen molar-refractivity contribution in [3.63, 3.8) is 0 Å². The predicted molar refractivity (Wildman–Crippen MR) is 120 cm³/mol. The number of nitrogens with zero attached hydrogens (tertiary/aromatic N) is 2. The summed E-state index contributed by atoms with van der Waals surface area (Å²) in [4.78, 5) is 30.5. The maximum atomic E-state index is 12.3. The van der Waals surface area contributed by atoms with Crippen molar-refractivity contribution in [2.24, 2.45) is 4.99 Å². The lowest BCUT2D eigenvalue weighted by Gasteiger charge is -2.26. The van der Waals surface area contributed by atoms with Crippen molar-refractivity contribution in [3.8, 4) is 17.2 Å². The lowest BCUT2D eigenvalue weighted by atomic mass is 10.1. The first-order valence-corrected chi connectivity index (χ1v) is 10.7. The van der Waals surface area contributed by atoms with Crippen LogP contribution in [0.2, 0.25) is 0 Å². The number of esters is 1. The molecule has 0 aliphatic carbocycles. The molecule has 0 saturated carbocycles. The molecule has 11 heteroatoms. The molecule has 0 unspecified atom stereocenters. The minimum Gasteiger partial charge on any atom is -0.493 e. The van der Waals surface area contributed by atoms with Gasteiger partial charge in [0.05, 0.1) is 20.3 Å². The van der Waals surface area contributed by atoms with Crippen molar-refractivity contribution in [2.75, 3.05) is 40.0 Å². The number of hydrogen-bond donors (Lipinski definition) is 0. The number of morpholine rings is 1. The molecule has 0 bridgehead atoms. The Hall–Kier alpha value is -3.99. The highest BCUT2D eigenvalue weighted by molar-refractivity contribution is 6.12. The van der Waals surface area contributed by atoms with E-state index in [0.717, 1.165) is 0 Å². The molecular formula is C24H22F2N2O7. The van der Waals surface area contributed by atoms with Gasteiger partial charge in [0.1, 0.15) is 5.75 Å². The molecule has 35 heavy (non-hydrogen) atoms. The number of hydrogen-bond acceptors (Lipinski definition) is 8. The second kappa shape index (κ2) is 11.0. The van der Waals surface area contributed by atoms with E-state index < -0.39 is 12.6 Å². The first-order chi connectivity index (χ1) is 16.9. The Morgan fingerprint density at radius 3 is 2.57 bits per heavy atom. The zero-order chi connectivity index (χ0) is 24.8. The average Bonchev–Trinajstić information content (AvgIpc) is 3.23. The molecule has 0 aromatic heterocycles. The predicted octanol–water partition coefficient (Wildman–Crippen LogP) is 2.88. The van der Waals surface area contributed by atoms with Crippen LogP contribution in [0.1, 0.15) is 11.1 Å². The van der Waals surface area contributed by atoms with Crippen LogP contribution in [0.5, 0.6) is 17.2 Å². The van der Waals surface area contributed by atoms with Crippen molar-refractivity contribution in [3.05, 3.63) is 59.3 Å². The molecule has 0 N–H and O–H groups in total. The van der Waals surface area contributed by atoms with Crippen LogP contribution in [0.3, 0.4) is 0 Å². The van der Waals surface area contributed by atoms with Gasteiger partial charge in [-0.3, -0.25) is 4.79 Å². The second-order valence-electron chi connectivity index (χ2n) is 7.43. The first-order valence-electron chi connectivity index (χ1n) is 10.7. The standard InChI is InChI=1S/C24H22F2N2O7/c1-31-20-13-15(2-7-19(20)33-14-21(29)28-8-10-32-11-9-28)12-18-23(30)35-22(27-18)16-3-5-17(6-4-16)34-24(25)26/h2-7,12-13,24H,8-11,14H2,1H3/b18-12-. The lowest BCUT2D eigenvalue weighted by Crippen LogP contribution is -2.43. The molecule has 2 aromatic rings. The third-order valence-electron chi connectivity index (χ3n) is 5.15. The van der Waals surface area contributed by atoms with Crippen molar-refractivity contribution in [1.82, 2.24) is 4.90 Å². The van der Waals surface area contributed by atoms with Crippen LogP contribution in [-0.2, 0) is 19.1 Å². The van der Waals surface area contributed by atoms with Gasteiger partial charge in [-0.15, -0.1) is 0 Å². The average molecular weight is 488 g/mol. The van der Waals surface area contributed by atoms with Crippen molar-refractivity contribution in [2.45, 2.75) is 6.61 Å². The van der Waals surface area contributed by atoms with E-state index in [-0.39, 0.29) is 29.9 Å². The highest BCUT2D eigenvalue weighted by Gasteiger charge is 2.24. The van der Waals surface area contributed by atoms with Gasteiger partial charge in [0.25, 0.3) is 5.91 Å². The summed E-state index contributed by atoms with van der Waals surface area (Å²) in [6, 6.07) is 10.5. The van der Waals surface area contributed by atoms with E-state index in [4.69, 9.17) is 18.9 Å². The van der Waals surface area contributed by atoms with Crippen LogP contribution in [0.25, 0.3) is 6.08 Å². The normalized spacial score (nSPS) is 16.8. The largest absolute Gasteiger partial charge is 0.493 e. The number of carbonyl (C=O) groups is 2. The van der Waals surface area contributed by atoms with Gasteiger partial charge in [-0.2, -0.15) is 8.78 Å². The zero-order valence-corrected chi connectivity index (χ0v) is 18.7. The minimum atomic E-state index is -2.93. The number of alkyl halides is 2. The quantitative estimate of drug-likeness (QED) is 0.417. The van der Waals surface area contributed by atoms with Gasteiger partial charge in [0, 0.05) is 18.7 Å². The topological polar surface area (TPSA) is 95.9 Å². The van der Waals surface area contributed by atoms with Crippen molar-refractivity contribution in [1.29, 1.82) is 0 Å². The smallest absolute Gasteiger partial charge is 0.387 e. The molecule has 2 aliphatic heterocycles. The molecule has 2 heterocycles. The number of amides is 1. The Morgan fingerprint density at radius 1 is 1.14 bits per heavy atom. The summed E-state index contributed by atoms with van der Waals surface area (Å²) in [6.45, 7) is -1.02. The van der Waals surface area contributed by atoms with Crippen LogP contribution in [0.4, 0.5) is 8.78 Å². The number of cyclic esters (lactones) is 1. The summed E-state index contributed by atoms with van der Waals surface area (Å²) in [5, 5.41) is 0. The van der Waals surface area contributed by atoms with Gasteiger partial charge in [-0.05, 0) is 48.0 Å². The third-order valence-corrected chi connectivity index (χ3v) is 5.15. The number of methoxy groups -OCH3 is 1. The van der Waals surface area contributed by atoms with Crippen LogP contribution in [-0.4, -0.2) is 69.3 Å². The molecule has 1 amide bonds. The summed E-state index contributed by atoms with van der Waals surface area (Å²) in [7, 11) is 1.46. The van der Waals surface area contributed by atoms with E-state index in [9.17, 15) is 18.4 Å².